The van der Waals surface area contributed by atoms with Gasteiger partial charge in [-0.25, -0.2) is 0 Å². The van der Waals surface area contributed by atoms with Crippen LogP contribution in [0.15, 0.2) is 18.2 Å². The van der Waals surface area contributed by atoms with Crippen LogP contribution in [-0.4, -0.2) is 36.6 Å². The van der Waals surface area contributed by atoms with Crippen LogP contribution in [0.5, 0.6) is 11.5 Å². The van der Waals surface area contributed by atoms with Crippen LogP contribution in [0.3, 0.4) is 0 Å². The van der Waals surface area contributed by atoms with Crippen molar-refractivity contribution in [2.75, 3.05) is 13.7 Å². The van der Waals surface area contributed by atoms with Crippen molar-refractivity contribution in [2.45, 2.75) is 24.9 Å². The van der Waals surface area contributed by atoms with E-state index < -0.39 is 16.9 Å². The van der Waals surface area contributed by atoms with Gasteiger partial charge in [-0.2, -0.15) is 0 Å². The topological polar surface area (TPSA) is 117 Å². The van der Waals surface area contributed by atoms with Crippen LogP contribution in [0.25, 0.3) is 0 Å². The van der Waals surface area contributed by atoms with Gasteiger partial charge in [0.1, 0.15) is 18.4 Å². The molecule has 8 heteroatoms. The van der Waals surface area contributed by atoms with Crippen LogP contribution in [0.4, 0.5) is 5.69 Å². The summed E-state index contributed by atoms with van der Waals surface area (Å²) in [7, 11) is 1.42. The zero-order valence-electron chi connectivity index (χ0n) is 11.6. The molecule has 0 spiro atoms. The van der Waals surface area contributed by atoms with Crippen LogP contribution in [0, 0.1) is 10.1 Å². The van der Waals surface area contributed by atoms with Gasteiger partial charge >= 0.3 is 5.69 Å². The van der Waals surface area contributed by atoms with E-state index in [4.69, 9.17) is 15.2 Å². The van der Waals surface area contributed by atoms with E-state index in [1.807, 2.05) is 0 Å². The first-order valence-corrected chi connectivity index (χ1v) is 6.52. The maximum Gasteiger partial charge on any atom is 0.314 e. The normalized spacial score (nSPS) is 15.3. The number of hydrogen-bond donors (Lipinski definition) is 2. The molecule has 1 aromatic carbocycles. The third-order valence-corrected chi connectivity index (χ3v) is 3.13. The number of carbonyl (C=O) groups is 1. The number of amides is 1. The molecule has 1 fully saturated rings. The minimum absolute atomic E-state index is 0.0565. The Kier molecular flexibility index (Phi) is 4.59. The fourth-order valence-corrected chi connectivity index (χ4v) is 1.81. The third-order valence-electron chi connectivity index (χ3n) is 3.13. The number of nitrogens with two attached hydrogens (primary N) is 1. The van der Waals surface area contributed by atoms with E-state index in [2.05, 4.69) is 5.32 Å². The number of hydrogen-bond acceptors (Lipinski definition) is 6. The zero-order valence-corrected chi connectivity index (χ0v) is 11.6. The summed E-state index contributed by atoms with van der Waals surface area (Å²) in [6.07, 6.45) is 1.99. The first kappa shape index (κ1) is 15.0. The number of methoxy groups -OCH3 is 1. The first-order valence-electron chi connectivity index (χ1n) is 6.52. The highest BCUT2D eigenvalue weighted by atomic mass is 16.6. The molecule has 1 saturated carbocycles. The molecule has 2 rings (SSSR count). The quantitative estimate of drug-likeness (QED) is 0.535. The molecular formula is C13H17N3O5. The van der Waals surface area contributed by atoms with Gasteiger partial charge in [0.2, 0.25) is 5.91 Å². The highest BCUT2D eigenvalue weighted by Gasteiger charge is 2.28. The minimum Gasteiger partial charge on any atom is -0.496 e. The SMILES string of the molecule is COc1ccc(OCC(NC2CC2)C(N)=O)c([N+](=O)[O-])c1. The lowest BCUT2D eigenvalue weighted by molar-refractivity contribution is -0.386. The molecule has 1 aromatic rings. The van der Waals surface area contributed by atoms with Crippen molar-refractivity contribution in [3.63, 3.8) is 0 Å². The molecule has 1 aliphatic rings. The molecule has 1 amide bonds. The summed E-state index contributed by atoms with van der Waals surface area (Å²) in [5, 5.41) is 14.1. The van der Waals surface area contributed by atoms with Gasteiger partial charge in [-0.15, -0.1) is 0 Å². The Labute approximate surface area is 121 Å². The second-order valence-electron chi connectivity index (χ2n) is 4.80. The second kappa shape index (κ2) is 6.40. The lowest BCUT2D eigenvalue weighted by Gasteiger charge is -2.16. The molecule has 1 unspecified atom stereocenters. The van der Waals surface area contributed by atoms with Crippen LogP contribution < -0.4 is 20.5 Å². The number of nitro groups is 1. The second-order valence-corrected chi connectivity index (χ2v) is 4.80. The van der Waals surface area contributed by atoms with Gasteiger partial charge in [-0.1, -0.05) is 0 Å². The molecule has 21 heavy (non-hydrogen) atoms. The summed E-state index contributed by atoms with van der Waals surface area (Å²) < 4.78 is 10.3. The van der Waals surface area contributed by atoms with Gasteiger partial charge in [-0.05, 0) is 25.0 Å². The van der Waals surface area contributed by atoms with Crippen LogP contribution in [-0.2, 0) is 4.79 Å². The van der Waals surface area contributed by atoms with E-state index in [1.165, 1.54) is 19.2 Å². The highest BCUT2D eigenvalue weighted by molar-refractivity contribution is 5.80. The van der Waals surface area contributed by atoms with Gasteiger partial charge in [0.25, 0.3) is 0 Å². The minimum atomic E-state index is -0.667. The molecule has 0 aliphatic heterocycles. The van der Waals surface area contributed by atoms with Gasteiger partial charge in [0.15, 0.2) is 5.75 Å². The Morgan fingerprint density at radius 3 is 2.81 bits per heavy atom. The van der Waals surface area contributed by atoms with Crippen molar-refractivity contribution >= 4 is 11.6 Å². The van der Waals surface area contributed by atoms with Crippen molar-refractivity contribution < 1.29 is 19.2 Å². The molecule has 0 aromatic heterocycles. The molecular weight excluding hydrogens is 278 g/mol. The first-order chi connectivity index (χ1) is 10.0. The molecule has 0 heterocycles. The summed E-state index contributed by atoms with van der Waals surface area (Å²) in [5.41, 5.74) is 5.07. The maximum atomic E-state index is 11.3. The molecule has 3 N–H and O–H groups in total. The van der Waals surface area contributed by atoms with Gasteiger partial charge in [0, 0.05) is 6.04 Å². The molecule has 1 atom stereocenters. The lowest BCUT2D eigenvalue weighted by atomic mass is 10.2. The smallest absolute Gasteiger partial charge is 0.314 e. The van der Waals surface area contributed by atoms with E-state index in [9.17, 15) is 14.9 Å². The zero-order chi connectivity index (χ0) is 15.4. The number of nitrogens with one attached hydrogen (secondary N) is 1. The van der Waals surface area contributed by atoms with E-state index in [0.717, 1.165) is 12.8 Å². The molecule has 0 radical (unpaired) electrons. The molecule has 0 bridgehead atoms. The Bertz CT molecular complexity index is 545. The van der Waals surface area contributed by atoms with Crippen LogP contribution >= 0.6 is 0 Å². The Balaban J connectivity index is 2.06. The van der Waals surface area contributed by atoms with Crippen molar-refractivity contribution in [3.05, 3.63) is 28.3 Å². The molecule has 114 valence electrons. The Morgan fingerprint density at radius 2 is 2.29 bits per heavy atom. The standard InChI is InChI=1S/C13H17N3O5/c1-20-9-4-5-12(11(6-9)16(18)19)21-7-10(13(14)17)15-8-2-3-8/h4-6,8,10,15H,2-3,7H2,1H3,(H2,14,17). The molecule has 8 nitrogen and oxygen atoms in total. The fraction of sp³-hybridized carbons (Fsp3) is 0.462. The number of ether oxygens (including phenoxy) is 2. The van der Waals surface area contributed by atoms with Gasteiger partial charge < -0.3 is 20.5 Å². The predicted molar refractivity (Wildman–Crippen MR) is 74.3 cm³/mol. The number of benzene rings is 1. The van der Waals surface area contributed by atoms with Gasteiger partial charge in [-0.3, -0.25) is 14.9 Å². The summed E-state index contributed by atoms with van der Waals surface area (Å²) in [6.45, 7) is -0.0565. The van der Waals surface area contributed by atoms with Crippen molar-refractivity contribution in [3.8, 4) is 11.5 Å². The van der Waals surface area contributed by atoms with E-state index in [1.54, 1.807) is 6.07 Å². The molecule has 1 aliphatic carbocycles. The monoisotopic (exact) mass is 295 g/mol. The van der Waals surface area contributed by atoms with E-state index >= 15 is 0 Å². The average molecular weight is 295 g/mol. The van der Waals surface area contributed by atoms with Crippen LogP contribution in [0.2, 0.25) is 0 Å². The van der Waals surface area contributed by atoms with Crippen molar-refractivity contribution in [1.82, 2.24) is 5.32 Å². The summed E-state index contributed by atoms with van der Waals surface area (Å²) in [4.78, 5) is 21.8. The number of nitro benzene ring substituents is 1. The van der Waals surface area contributed by atoms with E-state index in [0.29, 0.717) is 5.75 Å². The van der Waals surface area contributed by atoms with Crippen LogP contribution in [0.1, 0.15) is 12.8 Å². The third kappa shape index (κ3) is 4.06. The summed E-state index contributed by atoms with van der Waals surface area (Å²) in [5.74, 6) is -0.112. The Morgan fingerprint density at radius 1 is 1.57 bits per heavy atom. The maximum absolute atomic E-state index is 11.3. The lowest BCUT2D eigenvalue weighted by Crippen LogP contribution is -2.46. The number of carbonyl (C=O) groups excluding carboxylic acids is 1. The van der Waals surface area contributed by atoms with Crippen molar-refractivity contribution in [2.24, 2.45) is 5.73 Å². The highest BCUT2D eigenvalue weighted by Crippen LogP contribution is 2.31. The number of primary amides is 1. The fourth-order valence-electron chi connectivity index (χ4n) is 1.81. The van der Waals surface area contributed by atoms with Gasteiger partial charge in [0.05, 0.1) is 18.1 Å². The Hall–Kier alpha value is -2.35. The predicted octanol–water partition coefficient (Wildman–Crippen LogP) is 0.588. The van der Waals surface area contributed by atoms with Crippen molar-refractivity contribution in [1.29, 1.82) is 0 Å². The number of rotatable bonds is 8. The largest absolute Gasteiger partial charge is 0.496 e. The summed E-state index contributed by atoms with van der Waals surface area (Å²) >= 11 is 0. The molecule has 0 saturated heterocycles. The van der Waals surface area contributed by atoms with E-state index in [-0.39, 0.29) is 24.1 Å². The summed E-state index contributed by atoms with van der Waals surface area (Å²) in [6, 6.07) is 3.86. The average Bonchev–Trinajstić information content (AvgIpc) is 3.26. The number of nitrogens with zero attached hydrogens (tertiary/aromatic N) is 1.